The van der Waals surface area contributed by atoms with Crippen LogP contribution in [0.5, 0.6) is 5.75 Å². The van der Waals surface area contributed by atoms with Crippen LogP contribution in [-0.2, 0) is 24.4 Å². The highest BCUT2D eigenvalue weighted by molar-refractivity contribution is 7.96. The first-order valence-corrected chi connectivity index (χ1v) is 11.1. The summed E-state index contributed by atoms with van der Waals surface area (Å²) in [6, 6.07) is 5.43. The smallest absolute Gasteiger partial charge is 0.183 e. The number of nitrogens with one attached hydrogen (secondary N) is 1. The lowest BCUT2D eigenvalue weighted by molar-refractivity contribution is 0.196. The lowest BCUT2D eigenvalue weighted by atomic mass is 10.2. The normalized spacial score (nSPS) is 23.2. The van der Waals surface area contributed by atoms with E-state index in [1.54, 1.807) is 12.1 Å². The van der Waals surface area contributed by atoms with Crippen LogP contribution >= 0.6 is 0 Å². The molecule has 1 saturated heterocycles. The number of hydrogen-bond acceptors (Lipinski definition) is 7. The summed E-state index contributed by atoms with van der Waals surface area (Å²) in [6.07, 6.45) is 0. The van der Waals surface area contributed by atoms with Crippen molar-refractivity contribution in [2.45, 2.75) is 23.1 Å². The second-order valence-corrected chi connectivity index (χ2v) is 9.94. The zero-order valence-electron chi connectivity index (χ0n) is 13.8. The summed E-state index contributed by atoms with van der Waals surface area (Å²) in [5, 5.41) is 1.99. The molecule has 1 fully saturated rings. The fourth-order valence-corrected chi connectivity index (χ4v) is 7.44. The predicted octanol–water partition coefficient (Wildman–Crippen LogP) is 0.261. The monoisotopic (exact) mass is 377 g/mol. The summed E-state index contributed by atoms with van der Waals surface area (Å²) in [5.41, 5.74) is 0. The van der Waals surface area contributed by atoms with Gasteiger partial charge in [0, 0.05) is 19.7 Å². The molecule has 1 aliphatic heterocycles. The quantitative estimate of drug-likeness (QED) is 0.649. The molecule has 1 heterocycles. The van der Waals surface area contributed by atoms with Crippen molar-refractivity contribution >= 4 is 19.7 Å². The molecule has 0 amide bonds. The zero-order valence-corrected chi connectivity index (χ0v) is 15.4. The van der Waals surface area contributed by atoms with E-state index in [-0.39, 0.29) is 16.4 Å². The van der Waals surface area contributed by atoms with Crippen molar-refractivity contribution in [1.29, 1.82) is 0 Å². The van der Waals surface area contributed by atoms with E-state index in [2.05, 4.69) is 5.32 Å². The predicted molar refractivity (Wildman–Crippen MR) is 90.9 cm³/mol. The fraction of sp³-hybridized carbons (Fsp3) is 0.600. The van der Waals surface area contributed by atoms with E-state index in [1.807, 2.05) is 6.92 Å². The molecule has 2 atom stereocenters. The molecule has 0 bridgehead atoms. The number of ether oxygens (including phenoxy) is 2. The maximum Gasteiger partial charge on any atom is 0.183 e. The van der Waals surface area contributed by atoms with E-state index >= 15 is 0 Å². The molecule has 0 unspecified atom stereocenters. The molecule has 0 radical (unpaired) electrons. The lowest BCUT2D eigenvalue weighted by Crippen LogP contribution is -2.44. The summed E-state index contributed by atoms with van der Waals surface area (Å²) in [7, 11) is -5.63. The molecule has 9 heteroatoms. The molecule has 2 rings (SSSR count). The summed E-state index contributed by atoms with van der Waals surface area (Å²) >= 11 is 0. The summed E-state index contributed by atoms with van der Waals surface area (Å²) in [6.45, 7) is 3.10. The standard InChI is InChI=1S/C15H23NO6S2/c1-3-22-12-4-6-13(7-5-12)24(19,20)15-11-23(17,18)10-14(15)16-8-9-21-2/h4-7,14-16H,3,8-11H2,1-2H3/t14-,15-/m0/s1. The van der Waals surface area contributed by atoms with Gasteiger partial charge in [-0.25, -0.2) is 16.8 Å². The summed E-state index contributed by atoms with van der Waals surface area (Å²) in [5.74, 6) is 0.0236. The minimum atomic E-state index is -3.77. The van der Waals surface area contributed by atoms with Crippen LogP contribution < -0.4 is 10.1 Å². The average Bonchev–Trinajstić information content (AvgIpc) is 2.84. The Hall–Kier alpha value is -1.16. The molecule has 0 aliphatic carbocycles. The molecule has 1 aromatic carbocycles. The molecule has 1 aromatic rings. The molecule has 1 aliphatic rings. The van der Waals surface area contributed by atoms with E-state index in [1.165, 1.54) is 19.2 Å². The van der Waals surface area contributed by atoms with Crippen molar-refractivity contribution in [2.75, 3.05) is 38.4 Å². The number of hydrogen-bond donors (Lipinski definition) is 1. The van der Waals surface area contributed by atoms with Gasteiger partial charge in [-0.15, -0.1) is 0 Å². The Balaban J connectivity index is 2.24. The average molecular weight is 377 g/mol. The van der Waals surface area contributed by atoms with Gasteiger partial charge in [-0.1, -0.05) is 0 Å². The van der Waals surface area contributed by atoms with Gasteiger partial charge in [-0.05, 0) is 31.2 Å². The van der Waals surface area contributed by atoms with Gasteiger partial charge in [0.25, 0.3) is 0 Å². The van der Waals surface area contributed by atoms with Crippen molar-refractivity contribution in [1.82, 2.24) is 5.32 Å². The molecule has 1 N–H and O–H groups in total. The van der Waals surface area contributed by atoms with Crippen LogP contribution in [0.2, 0.25) is 0 Å². The van der Waals surface area contributed by atoms with Gasteiger partial charge >= 0.3 is 0 Å². The van der Waals surface area contributed by atoms with Gasteiger partial charge in [0.15, 0.2) is 19.7 Å². The van der Waals surface area contributed by atoms with Gasteiger partial charge in [-0.2, -0.15) is 0 Å². The van der Waals surface area contributed by atoms with Crippen LogP contribution in [0.1, 0.15) is 6.92 Å². The van der Waals surface area contributed by atoms with E-state index in [0.29, 0.717) is 25.5 Å². The van der Waals surface area contributed by atoms with E-state index in [0.717, 1.165) is 0 Å². The van der Waals surface area contributed by atoms with Gasteiger partial charge in [0.2, 0.25) is 0 Å². The highest BCUT2D eigenvalue weighted by Crippen LogP contribution is 2.27. The Morgan fingerprint density at radius 3 is 2.46 bits per heavy atom. The highest BCUT2D eigenvalue weighted by atomic mass is 32.2. The van der Waals surface area contributed by atoms with Crippen molar-refractivity contribution in [3.8, 4) is 5.75 Å². The molecule has 0 spiro atoms. The van der Waals surface area contributed by atoms with Crippen LogP contribution in [0.3, 0.4) is 0 Å². The van der Waals surface area contributed by atoms with Crippen LogP contribution in [0, 0.1) is 0 Å². The Morgan fingerprint density at radius 1 is 1.21 bits per heavy atom. The third kappa shape index (κ3) is 4.47. The Morgan fingerprint density at radius 2 is 1.88 bits per heavy atom. The van der Waals surface area contributed by atoms with Crippen LogP contribution in [0.15, 0.2) is 29.2 Å². The number of methoxy groups -OCH3 is 1. The van der Waals surface area contributed by atoms with E-state index in [4.69, 9.17) is 9.47 Å². The molecule has 0 saturated carbocycles. The van der Waals surface area contributed by atoms with E-state index in [9.17, 15) is 16.8 Å². The summed E-state index contributed by atoms with van der Waals surface area (Å²) in [4.78, 5) is 0.103. The maximum atomic E-state index is 12.9. The topological polar surface area (TPSA) is 98.8 Å². The molecular weight excluding hydrogens is 354 g/mol. The molecule has 24 heavy (non-hydrogen) atoms. The third-order valence-electron chi connectivity index (χ3n) is 3.88. The minimum absolute atomic E-state index is 0.103. The van der Waals surface area contributed by atoms with Crippen LogP contribution in [-0.4, -0.2) is 66.5 Å². The van der Waals surface area contributed by atoms with Gasteiger partial charge in [0.05, 0.1) is 34.9 Å². The Kier molecular flexibility index (Phi) is 6.24. The second-order valence-electron chi connectivity index (χ2n) is 5.62. The molecule has 0 aromatic heterocycles. The van der Waals surface area contributed by atoms with Crippen LogP contribution in [0.4, 0.5) is 0 Å². The largest absolute Gasteiger partial charge is 0.494 e. The first-order valence-electron chi connectivity index (χ1n) is 7.69. The van der Waals surface area contributed by atoms with Gasteiger partial charge < -0.3 is 14.8 Å². The van der Waals surface area contributed by atoms with Crippen molar-refractivity contribution in [3.05, 3.63) is 24.3 Å². The lowest BCUT2D eigenvalue weighted by Gasteiger charge is -2.20. The number of sulfone groups is 2. The van der Waals surface area contributed by atoms with Crippen molar-refractivity contribution in [3.63, 3.8) is 0 Å². The van der Waals surface area contributed by atoms with Crippen LogP contribution in [0.25, 0.3) is 0 Å². The first kappa shape index (κ1) is 19.2. The van der Waals surface area contributed by atoms with Crippen molar-refractivity contribution < 1.29 is 26.3 Å². The SMILES string of the molecule is CCOc1ccc(S(=O)(=O)[C@H]2CS(=O)(=O)C[C@@H]2NCCOC)cc1. The van der Waals surface area contributed by atoms with Gasteiger partial charge in [-0.3, -0.25) is 0 Å². The van der Waals surface area contributed by atoms with Gasteiger partial charge in [0.1, 0.15) is 5.75 Å². The third-order valence-corrected chi connectivity index (χ3v) is 8.04. The highest BCUT2D eigenvalue weighted by Gasteiger charge is 2.45. The maximum absolute atomic E-state index is 12.9. The second kappa shape index (κ2) is 7.81. The first-order chi connectivity index (χ1) is 11.3. The summed E-state index contributed by atoms with van der Waals surface area (Å²) < 4.78 is 59.8. The Labute approximate surface area is 143 Å². The zero-order chi connectivity index (χ0) is 17.8. The Bertz CT molecular complexity index is 743. The molecular formula is C15H23NO6S2. The number of benzene rings is 1. The molecule has 136 valence electrons. The minimum Gasteiger partial charge on any atom is -0.494 e. The molecule has 7 nitrogen and oxygen atoms in total. The van der Waals surface area contributed by atoms with Crippen molar-refractivity contribution in [2.24, 2.45) is 0 Å². The fourth-order valence-electron chi connectivity index (χ4n) is 2.72. The number of rotatable bonds is 8. The van der Waals surface area contributed by atoms with E-state index < -0.39 is 31.0 Å².